The summed E-state index contributed by atoms with van der Waals surface area (Å²) in [7, 11) is 0. The first-order chi connectivity index (χ1) is 15.2. The maximum absolute atomic E-state index is 8.98. The first-order valence-electron chi connectivity index (χ1n) is 10.0. The molecule has 0 spiro atoms. The molecule has 0 unspecified atom stereocenters. The standard InChI is InChI=1S/C27H21ClN2O/c28-26-17-23(18-29)11-16-27(26)31-25-14-12-24(13-15-25)30(19-21-7-3-1-4-8-21)20-22-9-5-2-6-10-22/h1-17H,19-20H2. The summed E-state index contributed by atoms with van der Waals surface area (Å²) >= 11 is 6.24. The average Bonchev–Trinajstić information content (AvgIpc) is 2.82. The predicted octanol–water partition coefficient (Wildman–Crippen LogP) is 7.21. The second-order valence-corrected chi connectivity index (χ2v) is 7.59. The fourth-order valence-corrected chi connectivity index (χ4v) is 3.57. The molecule has 31 heavy (non-hydrogen) atoms. The smallest absolute Gasteiger partial charge is 0.146 e. The summed E-state index contributed by atoms with van der Waals surface area (Å²) in [6.45, 7) is 1.61. The first kappa shape index (κ1) is 20.5. The Hall–Kier alpha value is -3.74. The molecule has 0 aliphatic rings. The molecule has 4 heteroatoms. The molecule has 4 aromatic carbocycles. The topological polar surface area (TPSA) is 36.3 Å². The molecule has 0 amide bonds. The zero-order chi connectivity index (χ0) is 21.5. The van der Waals surface area contributed by atoms with Crippen molar-refractivity contribution < 1.29 is 4.74 Å². The van der Waals surface area contributed by atoms with E-state index in [0.717, 1.165) is 18.8 Å². The van der Waals surface area contributed by atoms with Gasteiger partial charge in [0, 0.05) is 18.8 Å². The van der Waals surface area contributed by atoms with Crippen LogP contribution in [0.1, 0.15) is 16.7 Å². The summed E-state index contributed by atoms with van der Waals surface area (Å²) in [5.74, 6) is 1.22. The van der Waals surface area contributed by atoms with Gasteiger partial charge in [-0.25, -0.2) is 0 Å². The van der Waals surface area contributed by atoms with Crippen LogP contribution in [0.5, 0.6) is 11.5 Å². The highest BCUT2D eigenvalue weighted by Gasteiger charge is 2.10. The summed E-state index contributed by atoms with van der Waals surface area (Å²) in [6.07, 6.45) is 0. The summed E-state index contributed by atoms with van der Waals surface area (Å²) < 4.78 is 5.92. The molecule has 0 radical (unpaired) electrons. The Morgan fingerprint density at radius 3 is 1.84 bits per heavy atom. The molecule has 0 aromatic heterocycles. The lowest BCUT2D eigenvalue weighted by Gasteiger charge is -2.25. The van der Waals surface area contributed by atoms with Gasteiger partial charge in [-0.2, -0.15) is 5.26 Å². The van der Waals surface area contributed by atoms with Crippen LogP contribution in [0, 0.1) is 11.3 Å². The van der Waals surface area contributed by atoms with Gasteiger partial charge >= 0.3 is 0 Å². The summed E-state index contributed by atoms with van der Waals surface area (Å²) in [4.78, 5) is 2.34. The van der Waals surface area contributed by atoms with Gasteiger partial charge in [0.1, 0.15) is 11.5 Å². The van der Waals surface area contributed by atoms with Crippen molar-refractivity contribution >= 4 is 17.3 Å². The van der Waals surface area contributed by atoms with Crippen LogP contribution in [-0.4, -0.2) is 0 Å². The van der Waals surface area contributed by atoms with Crippen LogP contribution < -0.4 is 9.64 Å². The van der Waals surface area contributed by atoms with E-state index in [2.05, 4.69) is 71.6 Å². The zero-order valence-electron chi connectivity index (χ0n) is 16.9. The number of nitrogens with zero attached hydrogens (tertiary/aromatic N) is 2. The maximum atomic E-state index is 8.98. The van der Waals surface area contributed by atoms with Crippen LogP contribution >= 0.6 is 11.6 Å². The molecule has 0 atom stereocenters. The van der Waals surface area contributed by atoms with Crippen molar-refractivity contribution in [3.8, 4) is 17.6 Å². The van der Waals surface area contributed by atoms with E-state index in [-0.39, 0.29) is 0 Å². The average molecular weight is 425 g/mol. The van der Waals surface area contributed by atoms with Gasteiger partial charge in [-0.1, -0.05) is 72.3 Å². The summed E-state index contributed by atoms with van der Waals surface area (Å²) in [5, 5.41) is 9.40. The van der Waals surface area contributed by atoms with Gasteiger partial charge < -0.3 is 9.64 Å². The number of ether oxygens (including phenoxy) is 1. The van der Waals surface area contributed by atoms with Crippen LogP contribution in [0.3, 0.4) is 0 Å². The van der Waals surface area contributed by atoms with E-state index >= 15 is 0 Å². The molecule has 152 valence electrons. The second kappa shape index (κ2) is 9.84. The fraction of sp³-hybridized carbons (Fsp3) is 0.0741. The van der Waals surface area contributed by atoms with Crippen LogP contribution in [0.25, 0.3) is 0 Å². The molecule has 0 bridgehead atoms. The molecule has 0 saturated carbocycles. The Morgan fingerprint density at radius 1 is 0.742 bits per heavy atom. The van der Waals surface area contributed by atoms with Crippen molar-refractivity contribution in [3.63, 3.8) is 0 Å². The molecule has 0 N–H and O–H groups in total. The van der Waals surface area contributed by atoms with Gasteiger partial charge in [0.15, 0.2) is 0 Å². The van der Waals surface area contributed by atoms with E-state index in [1.807, 2.05) is 24.3 Å². The minimum atomic E-state index is 0.415. The lowest BCUT2D eigenvalue weighted by atomic mass is 10.1. The molecule has 0 fully saturated rings. The molecule has 0 saturated heterocycles. The van der Waals surface area contributed by atoms with Crippen LogP contribution in [0.4, 0.5) is 5.69 Å². The number of benzene rings is 4. The number of hydrogen-bond acceptors (Lipinski definition) is 3. The molecule has 0 aliphatic carbocycles. The normalized spacial score (nSPS) is 10.3. The number of nitriles is 1. The molecule has 3 nitrogen and oxygen atoms in total. The third-order valence-corrected chi connectivity index (χ3v) is 5.22. The summed E-state index contributed by atoms with van der Waals surface area (Å²) in [5.41, 5.74) is 4.11. The lowest BCUT2D eigenvalue weighted by Crippen LogP contribution is -2.22. The largest absolute Gasteiger partial charge is 0.456 e. The zero-order valence-corrected chi connectivity index (χ0v) is 17.7. The van der Waals surface area contributed by atoms with Gasteiger partial charge in [-0.05, 0) is 53.6 Å². The Morgan fingerprint density at radius 2 is 1.32 bits per heavy atom. The Bertz CT molecular complexity index is 1130. The van der Waals surface area contributed by atoms with E-state index in [9.17, 15) is 0 Å². The Balaban J connectivity index is 1.55. The molecule has 4 aromatic rings. The minimum absolute atomic E-state index is 0.415. The highest BCUT2D eigenvalue weighted by atomic mass is 35.5. The Labute approximate surface area is 187 Å². The van der Waals surface area contributed by atoms with Gasteiger partial charge in [0.2, 0.25) is 0 Å². The number of hydrogen-bond donors (Lipinski definition) is 0. The van der Waals surface area contributed by atoms with Crippen molar-refractivity contribution in [1.82, 2.24) is 0 Å². The van der Waals surface area contributed by atoms with Crippen molar-refractivity contribution in [2.45, 2.75) is 13.1 Å². The van der Waals surface area contributed by atoms with Crippen molar-refractivity contribution in [2.75, 3.05) is 4.90 Å². The van der Waals surface area contributed by atoms with E-state index in [1.54, 1.807) is 18.2 Å². The monoisotopic (exact) mass is 424 g/mol. The Kier molecular flexibility index (Phi) is 6.52. The lowest BCUT2D eigenvalue weighted by molar-refractivity contribution is 0.483. The van der Waals surface area contributed by atoms with Crippen LogP contribution in [0.2, 0.25) is 5.02 Å². The van der Waals surface area contributed by atoms with Crippen molar-refractivity contribution in [1.29, 1.82) is 5.26 Å². The second-order valence-electron chi connectivity index (χ2n) is 7.18. The molecular formula is C27H21ClN2O. The third-order valence-electron chi connectivity index (χ3n) is 4.92. The van der Waals surface area contributed by atoms with Crippen molar-refractivity contribution in [2.24, 2.45) is 0 Å². The maximum Gasteiger partial charge on any atom is 0.146 e. The molecule has 4 rings (SSSR count). The van der Waals surface area contributed by atoms with Gasteiger partial charge in [-0.3, -0.25) is 0 Å². The van der Waals surface area contributed by atoms with Crippen LogP contribution in [0.15, 0.2) is 103 Å². The quantitative estimate of drug-likeness (QED) is 0.314. The highest BCUT2D eigenvalue weighted by molar-refractivity contribution is 6.32. The number of rotatable bonds is 7. The SMILES string of the molecule is N#Cc1ccc(Oc2ccc(N(Cc3ccccc3)Cc3ccccc3)cc2)c(Cl)c1. The van der Waals surface area contributed by atoms with Gasteiger partial charge in [0.05, 0.1) is 16.7 Å². The molecular weight excluding hydrogens is 404 g/mol. The number of anilines is 1. The van der Waals surface area contributed by atoms with E-state index in [1.165, 1.54) is 11.1 Å². The third kappa shape index (κ3) is 5.45. The first-order valence-corrected chi connectivity index (χ1v) is 10.4. The van der Waals surface area contributed by atoms with E-state index < -0.39 is 0 Å². The van der Waals surface area contributed by atoms with E-state index in [0.29, 0.717) is 22.1 Å². The van der Waals surface area contributed by atoms with E-state index in [4.69, 9.17) is 21.6 Å². The minimum Gasteiger partial charge on any atom is -0.456 e. The van der Waals surface area contributed by atoms with Crippen molar-refractivity contribution in [3.05, 3.63) is 125 Å². The fourth-order valence-electron chi connectivity index (χ4n) is 3.35. The van der Waals surface area contributed by atoms with Gasteiger partial charge in [0.25, 0.3) is 0 Å². The predicted molar refractivity (Wildman–Crippen MR) is 125 cm³/mol. The van der Waals surface area contributed by atoms with Crippen LogP contribution in [-0.2, 0) is 13.1 Å². The molecule has 0 aliphatic heterocycles. The molecule has 0 heterocycles. The highest BCUT2D eigenvalue weighted by Crippen LogP contribution is 2.31. The number of halogens is 1. The summed E-state index contributed by atoms with van der Waals surface area (Å²) in [6, 6.07) is 36.0. The van der Waals surface area contributed by atoms with Gasteiger partial charge in [-0.15, -0.1) is 0 Å².